The number of hydrogen-bond donors (Lipinski definition) is 2. The summed E-state index contributed by atoms with van der Waals surface area (Å²) >= 11 is 0. The van der Waals surface area contributed by atoms with Crippen LogP contribution in [0, 0.1) is 0 Å². The minimum atomic E-state index is -0.216. The fourth-order valence-electron chi connectivity index (χ4n) is 3.38. The summed E-state index contributed by atoms with van der Waals surface area (Å²) < 4.78 is 5.50. The largest absolute Gasteiger partial charge is 0.379 e. The van der Waals surface area contributed by atoms with Crippen LogP contribution < -0.4 is 11.1 Å². The molecule has 110 valence electrons. The van der Waals surface area contributed by atoms with Crippen molar-refractivity contribution in [3.8, 4) is 0 Å². The highest BCUT2D eigenvalue weighted by Crippen LogP contribution is 2.26. The first-order valence-corrected chi connectivity index (χ1v) is 7.52. The summed E-state index contributed by atoms with van der Waals surface area (Å²) in [5, 5.41) is 3.48. The fourth-order valence-corrected chi connectivity index (χ4v) is 3.38. The Morgan fingerprint density at radius 1 is 1.47 bits per heavy atom. The Morgan fingerprint density at radius 2 is 2.21 bits per heavy atom. The minimum absolute atomic E-state index is 0.216. The Morgan fingerprint density at radius 3 is 2.79 bits per heavy atom. The van der Waals surface area contributed by atoms with Gasteiger partial charge in [0.15, 0.2) is 0 Å². The zero-order chi connectivity index (χ0) is 13.7. The number of carbonyl (C=O) groups is 1. The lowest BCUT2D eigenvalue weighted by atomic mass is 10.0. The van der Waals surface area contributed by atoms with Crippen LogP contribution in [0.1, 0.15) is 39.0 Å². The van der Waals surface area contributed by atoms with Gasteiger partial charge >= 0.3 is 0 Å². The lowest BCUT2D eigenvalue weighted by Gasteiger charge is -2.36. The summed E-state index contributed by atoms with van der Waals surface area (Å²) in [5.74, 6) is -0.216. The molecule has 2 fully saturated rings. The molecule has 2 unspecified atom stereocenters. The van der Waals surface area contributed by atoms with Crippen LogP contribution in [-0.2, 0) is 9.53 Å². The van der Waals surface area contributed by atoms with E-state index in [0.717, 1.165) is 26.2 Å². The topological polar surface area (TPSA) is 67.6 Å². The predicted molar refractivity (Wildman–Crippen MR) is 74.8 cm³/mol. The average molecular weight is 269 g/mol. The molecule has 5 heteroatoms. The van der Waals surface area contributed by atoms with Crippen LogP contribution in [0.15, 0.2) is 0 Å². The maximum absolute atomic E-state index is 11.3. The van der Waals surface area contributed by atoms with Crippen LogP contribution in [0.3, 0.4) is 0 Å². The van der Waals surface area contributed by atoms with E-state index in [4.69, 9.17) is 10.5 Å². The van der Waals surface area contributed by atoms with Crippen molar-refractivity contribution < 1.29 is 9.53 Å². The van der Waals surface area contributed by atoms with E-state index < -0.39 is 0 Å². The Bertz CT molecular complexity index is 286. The molecule has 1 aliphatic carbocycles. The molecule has 1 saturated heterocycles. The average Bonchev–Trinajstić information content (AvgIpc) is 2.90. The third-order valence-electron chi connectivity index (χ3n) is 4.32. The van der Waals surface area contributed by atoms with Crippen LogP contribution in [0.4, 0.5) is 0 Å². The van der Waals surface area contributed by atoms with Gasteiger partial charge in [0, 0.05) is 24.7 Å². The van der Waals surface area contributed by atoms with E-state index in [9.17, 15) is 4.79 Å². The summed E-state index contributed by atoms with van der Waals surface area (Å²) in [6.45, 7) is 5.10. The molecule has 2 rings (SSSR count). The molecule has 3 N–H and O–H groups in total. The first-order chi connectivity index (χ1) is 9.16. The molecule has 19 heavy (non-hydrogen) atoms. The van der Waals surface area contributed by atoms with Gasteiger partial charge < -0.3 is 15.8 Å². The summed E-state index contributed by atoms with van der Waals surface area (Å²) in [6, 6.07) is 1.31. The molecule has 5 nitrogen and oxygen atoms in total. The molecular formula is C14H27N3O2. The molecule has 0 spiro atoms. The van der Waals surface area contributed by atoms with E-state index in [1.807, 2.05) is 0 Å². The Hall–Kier alpha value is -0.650. The molecule has 1 aliphatic heterocycles. The smallest absolute Gasteiger partial charge is 0.231 e. The first-order valence-electron chi connectivity index (χ1n) is 7.52. The molecule has 0 aromatic carbocycles. The predicted octanol–water partition coefficient (Wildman–Crippen LogP) is 0.483. The maximum Gasteiger partial charge on any atom is 0.231 e. The van der Waals surface area contributed by atoms with E-state index in [1.54, 1.807) is 0 Å². The van der Waals surface area contributed by atoms with Gasteiger partial charge in [0.25, 0.3) is 0 Å². The summed E-state index contributed by atoms with van der Waals surface area (Å²) in [6.07, 6.45) is 5.97. The molecule has 2 atom stereocenters. The molecule has 1 saturated carbocycles. The zero-order valence-electron chi connectivity index (χ0n) is 11.9. The first kappa shape index (κ1) is 14.8. The number of primary amides is 1. The molecule has 0 aromatic rings. The summed E-state index contributed by atoms with van der Waals surface area (Å²) in [5.41, 5.74) is 5.41. The number of morpholine rings is 1. The normalized spacial score (nSPS) is 26.7. The van der Waals surface area contributed by atoms with Crippen molar-refractivity contribution in [2.75, 3.05) is 26.3 Å². The van der Waals surface area contributed by atoms with Crippen molar-refractivity contribution in [3.05, 3.63) is 0 Å². The van der Waals surface area contributed by atoms with Crippen LogP contribution in [0.2, 0.25) is 0 Å². The van der Waals surface area contributed by atoms with Gasteiger partial charge in [-0.05, 0) is 26.2 Å². The summed E-state index contributed by atoms with van der Waals surface area (Å²) in [7, 11) is 0. The van der Waals surface area contributed by atoms with Gasteiger partial charge in [0.05, 0.1) is 19.8 Å². The second-order valence-electron chi connectivity index (χ2n) is 5.89. The molecule has 1 amide bonds. The standard InChI is InChI=1S/C14H27N3O2/c1-11(8-12-10-19-7-6-16-12)17(9-14(15)18)13-4-2-3-5-13/h11-13,16H,2-10H2,1H3,(H2,15,18). The lowest BCUT2D eigenvalue weighted by Crippen LogP contribution is -2.50. The number of nitrogens with two attached hydrogens (primary N) is 1. The van der Waals surface area contributed by atoms with Gasteiger partial charge in [-0.3, -0.25) is 9.69 Å². The van der Waals surface area contributed by atoms with E-state index in [1.165, 1.54) is 25.7 Å². The highest BCUT2D eigenvalue weighted by molar-refractivity contribution is 5.76. The monoisotopic (exact) mass is 269 g/mol. The van der Waals surface area contributed by atoms with Crippen molar-refractivity contribution in [1.82, 2.24) is 10.2 Å². The number of nitrogens with zero attached hydrogens (tertiary/aromatic N) is 1. The van der Waals surface area contributed by atoms with Gasteiger partial charge in [-0.15, -0.1) is 0 Å². The van der Waals surface area contributed by atoms with Crippen LogP contribution in [-0.4, -0.2) is 55.2 Å². The van der Waals surface area contributed by atoms with Crippen molar-refractivity contribution >= 4 is 5.91 Å². The van der Waals surface area contributed by atoms with E-state index >= 15 is 0 Å². The fraction of sp³-hybridized carbons (Fsp3) is 0.929. The quantitative estimate of drug-likeness (QED) is 0.736. The number of amides is 1. The number of hydrogen-bond acceptors (Lipinski definition) is 4. The zero-order valence-corrected chi connectivity index (χ0v) is 11.9. The van der Waals surface area contributed by atoms with Gasteiger partial charge in [0.1, 0.15) is 0 Å². The molecule has 0 bridgehead atoms. The number of ether oxygens (including phenoxy) is 1. The van der Waals surface area contributed by atoms with E-state index in [2.05, 4.69) is 17.1 Å². The lowest BCUT2D eigenvalue weighted by molar-refractivity contribution is -0.120. The van der Waals surface area contributed by atoms with Crippen LogP contribution >= 0.6 is 0 Å². The minimum Gasteiger partial charge on any atom is -0.379 e. The van der Waals surface area contributed by atoms with Gasteiger partial charge in [0.2, 0.25) is 5.91 Å². The highest BCUT2D eigenvalue weighted by Gasteiger charge is 2.29. The number of carbonyl (C=O) groups excluding carboxylic acids is 1. The number of rotatable bonds is 6. The van der Waals surface area contributed by atoms with Gasteiger partial charge in [-0.2, -0.15) is 0 Å². The maximum atomic E-state index is 11.3. The molecule has 1 heterocycles. The van der Waals surface area contributed by atoms with Crippen molar-refractivity contribution in [2.24, 2.45) is 5.73 Å². The van der Waals surface area contributed by atoms with Crippen LogP contribution in [0.5, 0.6) is 0 Å². The van der Waals surface area contributed by atoms with E-state index in [-0.39, 0.29) is 5.91 Å². The SMILES string of the molecule is CC(CC1COCCN1)N(CC(N)=O)C1CCCC1. The van der Waals surface area contributed by atoms with Gasteiger partial charge in [-0.25, -0.2) is 0 Å². The van der Waals surface area contributed by atoms with Crippen LogP contribution in [0.25, 0.3) is 0 Å². The third kappa shape index (κ3) is 4.44. The summed E-state index contributed by atoms with van der Waals surface area (Å²) in [4.78, 5) is 13.6. The second kappa shape index (κ2) is 7.22. The molecule has 0 aromatic heterocycles. The Balaban J connectivity index is 1.89. The van der Waals surface area contributed by atoms with Crippen molar-refractivity contribution in [3.63, 3.8) is 0 Å². The van der Waals surface area contributed by atoms with Crippen molar-refractivity contribution in [2.45, 2.75) is 57.2 Å². The highest BCUT2D eigenvalue weighted by atomic mass is 16.5. The molecular weight excluding hydrogens is 242 g/mol. The second-order valence-corrected chi connectivity index (χ2v) is 5.89. The van der Waals surface area contributed by atoms with Gasteiger partial charge in [-0.1, -0.05) is 12.8 Å². The number of nitrogens with one attached hydrogen (secondary N) is 1. The Kier molecular flexibility index (Phi) is 5.60. The Labute approximate surface area is 115 Å². The van der Waals surface area contributed by atoms with E-state index in [0.29, 0.717) is 24.7 Å². The molecule has 0 radical (unpaired) electrons. The molecule has 2 aliphatic rings. The third-order valence-corrected chi connectivity index (χ3v) is 4.32. The van der Waals surface area contributed by atoms with Crippen molar-refractivity contribution in [1.29, 1.82) is 0 Å².